The van der Waals surface area contributed by atoms with Crippen LogP contribution in [0.15, 0.2) is 32.9 Å². The van der Waals surface area contributed by atoms with Crippen LogP contribution in [0.1, 0.15) is 73.6 Å². The Morgan fingerprint density at radius 1 is 1.12 bits per heavy atom. The molecule has 1 aliphatic heterocycles. The van der Waals surface area contributed by atoms with Gasteiger partial charge in [-0.25, -0.2) is 4.99 Å². The molecule has 0 radical (unpaired) electrons. The molecule has 3 heteroatoms. The molecule has 1 aliphatic rings. The minimum Gasteiger partial charge on any atom is -0.356 e. The molecule has 3 nitrogen and oxygen atoms in total. The van der Waals surface area contributed by atoms with Crippen LogP contribution in [0.5, 0.6) is 0 Å². The van der Waals surface area contributed by atoms with Gasteiger partial charge in [-0.2, -0.15) is 0 Å². The lowest BCUT2D eigenvalue weighted by atomic mass is 9.97. The van der Waals surface area contributed by atoms with Crippen molar-refractivity contribution in [2.75, 3.05) is 20.1 Å². The molecule has 136 valence electrons. The molecule has 0 spiro atoms. The molecule has 0 aromatic heterocycles. The van der Waals surface area contributed by atoms with Crippen LogP contribution in [-0.4, -0.2) is 36.6 Å². The second kappa shape index (κ2) is 10.5. The van der Waals surface area contributed by atoms with Gasteiger partial charge in [0.15, 0.2) is 0 Å². The summed E-state index contributed by atoms with van der Waals surface area (Å²) in [6.45, 7) is 15.4. The summed E-state index contributed by atoms with van der Waals surface area (Å²) >= 11 is 0. The zero-order chi connectivity index (χ0) is 18.1. The fourth-order valence-electron chi connectivity index (χ4n) is 2.83. The van der Waals surface area contributed by atoms with E-state index in [1.54, 1.807) is 0 Å². The van der Waals surface area contributed by atoms with Gasteiger partial charge >= 0.3 is 0 Å². The fraction of sp³-hybridized carbons (Fsp3) is 0.714. The topological polar surface area (TPSA) is 28.0 Å². The molecule has 24 heavy (non-hydrogen) atoms. The number of amidine groups is 1. The summed E-state index contributed by atoms with van der Waals surface area (Å²) in [6, 6.07) is 0. The standard InChI is InChI=1S/C21H37N3/c1-8-9-10-12-17(4)20(22-7)15-18(5)23-21(19(6)16(2)3)24-13-11-14-24/h15,17H,8-14H2,1-7H3/b18-15+,22-20+,23-21+. The maximum atomic E-state index is 4.95. The van der Waals surface area contributed by atoms with Gasteiger partial charge in [0, 0.05) is 31.5 Å². The van der Waals surface area contributed by atoms with Crippen LogP contribution in [-0.2, 0) is 0 Å². The summed E-state index contributed by atoms with van der Waals surface area (Å²) in [5.41, 5.74) is 4.87. The summed E-state index contributed by atoms with van der Waals surface area (Å²) in [7, 11) is 1.90. The second-order valence-corrected chi connectivity index (χ2v) is 7.23. The van der Waals surface area contributed by atoms with Crippen molar-refractivity contribution < 1.29 is 0 Å². The number of nitrogens with zero attached hydrogens (tertiary/aromatic N) is 3. The lowest BCUT2D eigenvalue weighted by molar-refractivity contribution is 0.299. The Bertz CT molecular complexity index is 515. The highest BCUT2D eigenvalue weighted by atomic mass is 15.2. The summed E-state index contributed by atoms with van der Waals surface area (Å²) in [5, 5.41) is 0. The zero-order valence-corrected chi connectivity index (χ0v) is 16.9. The molecule has 1 atom stereocenters. The second-order valence-electron chi connectivity index (χ2n) is 7.23. The largest absolute Gasteiger partial charge is 0.356 e. The van der Waals surface area contributed by atoms with E-state index < -0.39 is 0 Å². The van der Waals surface area contributed by atoms with E-state index in [1.165, 1.54) is 49.0 Å². The lowest BCUT2D eigenvalue weighted by Gasteiger charge is -2.35. The molecule has 0 saturated carbocycles. The molecular formula is C21H37N3. The number of likely N-dealkylation sites (tertiary alicyclic amines) is 1. The van der Waals surface area contributed by atoms with Gasteiger partial charge < -0.3 is 4.90 Å². The number of allylic oxidation sites excluding steroid dienone is 3. The first kappa shape index (κ1) is 20.7. The number of hydrogen-bond acceptors (Lipinski definition) is 2. The van der Waals surface area contributed by atoms with Crippen LogP contribution in [0.4, 0.5) is 0 Å². The van der Waals surface area contributed by atoms with Gasteiger partial charge in [-0.3, -0.25) is 4.99 Å². The Balaban J connectivity index is 2.92. The van der Waals surface area contributed by atoms with E-state index in [1.807, 2.05) is 7.05 Å². The van der Waals surface area contributed by atoms with Crippen LogP contribution in [0, 0.1) is 5.92 Å². The van der Waals surface area contributed by atoms with E-state index in [0.717, 1.165) is 24.6 Å². The molecule has 1 fully saturated rings. The van der Waals surface area contributed by atoms with E-state index in [9.17, 15) is 0 Å². The molecule has 0 aromatic rings. The Kier molecular flexibility index (Phi) is 9.02. The van der Waals surface area contributed by atoms with Crippen molar-refractivity contribution in [3.63, 3.8) is 0 Å². The van der Waals surface area contributed by atoms with E-state index in [4.69, 9.17) is 4.99 Å². The Labute approximate surface area is 149 Å². The molecule has 0 aromatic carbocycles. The van der Waals surface area contributed by atoms with Gasteiger partial charge in [-0.05, 0) is 58.1 Å². The van der Waals surface area contributed by atoms with E-state index >= 15 is 0 Å². The number of hydrogen-bond donors (Lipinski definition) is 0. The molecular weight excluding hydrogens is 294 g/mol. The van der Waals surface area contributed by atoms with Gasteiger partial charge in [0.2, 0.25) is 0 Å². The molecule has 1 heterocycles. The van der Waals surface area contributed by atoms with Crippen molar-refractivity contribution in [2.45, 2.75) is 73.6 Å². The normalized spacial score (nSPS) is 17.6. The molecule has 1 unspecified atom stereocenters. The fourth-order valence-corrected chi connectivity index (χ4v) is 2.83. The molecule has 0 amide bonds. The highest BCUT2D eigenvalue weighted by Crippen LogP contribution is 2.18. The number of rotatable bonds is 8. The van der Waals surface area contributed by atoms with Gasteiger partial charge in [0.05, 0.1) is 0 Å². The Morgan fingerprint density at radius 3 is 2.25 bits per heavy atom. The van der Waals surface area contributed by atoms with Crippen LogP contribution in [0.25, 0.3) is 0 Å². The Morgan fingerprint density at radius 2 is 1.79 bits per heavy atom. The van der Waals surface area contributed by atoms with Crippen molar-refractivity contribution >= 4 is 11.5 Å². The monoisotopic (exact) mass is 331 g/mol. The average molecular weight is 332 g/mol. The predicted molar refractivity (Wildman–Crippen MR) is 108 cm³/mol. The third-order valence-corrected chi connectivity index (χ3v) is 4.88. The minimum atomic E-state index is 0.503. The summed E-state index contributed by atoms with van der Waals surface area (Å²) in [4.78, 5) is 11.9. The highest BCUT2D eigenvalue weighted by molar-refractivity contribution is 6.01. The van der Waals surface area contributed by atoms with Crippen molar-refractivity contribution in [3.8, 4) is 0 Å². The third-order valence-electron chi connectivity index (χ3n) is 4.88. The maximum absolute atomic E-state index is 4.95. The molecule has 0 N–H and O–H groups in total. The molecule has 1 rings (SSSR count). The Hall–Kier alpha value is -1.38. The zero-order valence-electron chi connectivity index (χ0n) is 16.9. The van der Waals surface area contributed by atoms with Gasteiger partial charge in [-0.15, -0.1) is 0 Å². The summed E-state index contributed by atoms with van der Waals surface area (Å²) in [5.74, 6) is 1.65. The van der Waals surface area contributed by atoms with E-state index in [2.05, 4.69) is 57.5 Å². The minimum absolute atomic E-state index is 0.503. The SMILES string of the molecule is CCCCCC(C)C(/C=C(C)/N=C(\C(C)=C(C)C)N1CCC1)=N/C. The molecule has 0 bridgehead atoms. The van der Waals surface area contributed by atoms with Crippen molar-refractivity contribution in [1.82, 2.24) is 4.90 Å². The first-order valence-corrected chi connectivity index (χ1v) is 9.53. The molecule has 0 aliphatic carbocycles. The highest BCUT2D eigenvalue weighted by Gasteiger charge is 2.20. The summed E-state index contributed by atoms with van der Waals surface area (Å²) < 4.78 is 0. The summed E-state index contributed by atoms with van der Waals surface area (Å²) in [6.07, 6.45) is 8.51. The smallest absolute Gasteiger partial charge is 0.131 e. The first-order valence-electron chi connectivity index (χ1n) is 9.53. The first-order chi connectivity index (χ1) is 11.4. The predicted octanol–water partition coefficient (Wildman–Crippen LogP) is 5.64. The van der Waals surface area contributed by atoms with E-state index in [-0.39, 0.29) is 0 Å². The average Bonchev–Trinajstić information content (AvgIpc) is 2.49. The van der Waals surface area contributed by atoms with E-state index in [0.29, 0.717) is 5.92 Å². The number of aliphatic imine (C=N–C) groups is 2. The van der Waals surface area contributed by atoms with Crippen LogP contribution >= 0.6 is 0 Å². The van der Waals surface area contributed by atoms with Crippen LogP contribution in [0.3, 0.4) is 0 Å². The number of unbranched alkanes of at least 4 members (excludes halogenated alkanes) is 2. The quantitative estimate of drug-likeness (QED) is 0.321. The van der Waals surface area contributed by atoms with Gasteiger partial charge in [-0.1, -0.05) is 38.7 Å². The van der Waals surface area contributed by atoms with Crippen LogP contribution in [0.2, 0.25) is 0 Å². The van der Waals surface area contributed by atoms with Gasteiger partial charge in [0.25, 0.3) is 0 Å². The van der Waals surface area contributed by atoms with Crippen LogP contribution < -0.4 is 0 Å². The van der Waals surface area contributed by atoms with Crippen molar-refractivity contribution in [3.05, 3.63) is 22.9 Å². The lowest BCUT2D eigenvalue weighted by Crippen LogP contribution is -2.42. The van der Waals surface area contributed by atoms with Crippen molar-refractivity contribution in [2.24, 2.45) is 15.9 Å². The maximum Gasteiger partial charge on any atom is 0.131 e. The molecule has 1 saturated heterocycles. The van der Waals surface area contributed by atoms with Gasteiger partial charge in [0.1, 0.15) is 5.84 Å². The third kappa shape index (κ3) is 6.26. The van der Waals surface area contributed by atoms with Crippen molar-refractivity contribution in [1.29, 1.82) is 0 Å².